The smallest absolute Gasteiger partial charge is 0.263 e. The van der Waals surface area contributed by atoms with E-state index in [1.807, 2.05) is 0 Å². The predicted octanol–water partition coefficient (Wildman–Crippen LogP) is 0.0511. The molecule has 0 aliphatic carbocycles. The zero-order valence-corrected chi connectivity index (χ0v) is 13.7. The summed E-state index contributed by atoms with van der Waals surface area (Å²) in [7, 11) is -2.48. The summed E-state index contributed by atoms with van der Waals surface area (Å²) in [6, 6.07) is 5.90. The Bertz CT molecular complexity index is 767. The maximum Gasteiger partial charge on any atom is 0.263 e. The van der Waals surface area contributed by atoms with Crippen molar-refractivity contribution in [3.63, 3.8) is 0 Å². The molecule has 10 heteroatoms. The van der Waals surface area contributed by atoms with E-state index in [0.717, 1.165) is 0 Å². The van der Waals surface area contributed by atoms with E-state index >= 15 is 0 Å². The van der Waals surface area contributed by atoms with Gasteiger partial charge in [0.05, 0.1) is 24.7 Å². The topological polar surface area (TPSA) is 134 Å². The summed E-state index contributed by atoms with van der Waals surface area (Å²) in [5.41, 5.74) is 0.610. The minimum Gasteiger partial charge on any atom is -0.478 e. The van der Waals surface area contributed by atoms with Gasteiger partial charge in [0.2, 0.25) is 5.82 Å². The van der Waals surface area contributed by atoms with Crippen LogP contribution in [0.5, 0.6) is 5.88 Å². The van der Waals surface area contributed by atoms with E-state index in [-0.39, 0.29) is 29.7 Å². The normalized spacial score (nSPS) is 12.5. The Balaban J connectivity index is 2.12. The number of aliphatic hydroxyl groups is 2. The van der Waals surface area contributed by atoms with Crippen LogP contribution in [0.4, 0.5) is 11.5 Å². The summed E-state index contributed by atoms with van der Waals surface area (Å²) in [5.74, 6) is 0.0608. The maximum atomic E-state index is 12.4. The molecule has 0 aliphatic rings. The quantitative estimate of drug-likeness (QED) is 0.522. The number of hydrogen-bond donors (Lipinski definition) is 4. The van der Waals surface area contributed by atoms with Gasteiger partial charge >= 0.3 is 0 Å². The highest BCUT2D eigenvalue weighted by Gasteiger charge is 2.18. The lowest BCUT2D eigenvalue weighted by Gasteiger charge is -2.12. The second-order valence-electron chi connectivity index (χ2n) is 4.76. The third-order valence-corrected chi connectivity index (χ3v) is 4.36. The summed E-state index contributed by atoms with van der Waals surface area (Å²) in [4.78, 5) is 7.80. The Kier molecular flexibility index (Phi) is 5.90. The van der Waals surface area contributed by atoms with Crippen LogP contribution >= 0.6 is 0 Å². The lowest BCUT2D eigenvalue weighted by molar-refractivity contribution is 0.105. The van der Waals surface area contributed by atoms with Gasteiger partial charge in [-0.25, -0.2) is 18.4 Å². The van der Waals surface area contributed by atoms with Crippen LogP contribution in [-0.2, 0) is 10.0 Å². The Morgan fingerprint density at radius 1 is 1.21 bits per heavy atom. The first-order chi connectivity index (χ1) is 11.5. The lowest BCUT2D eigenvalue weighted by Crippen LogP contribution is -2.23. The van der Waals surface area contributed by atoms with Crippen LogP contribution in [0, 0.1) is 0 Å². The molecule has 1 unspecified atom stereocenters. The molecule has 0 bridgehead atoms. The molecule has 0 spiro atoms. The molecule has 1 heterocycles. The standard InChI is InChI=1S/C14H18N4O5S/c1-23-14-13(15-6-7-16-14)18-24(21,22)12-4-2-10(3-5-12)17-8-11(20)9-19/h2-7,11,17,19-20H,8-9H2,1H3,(H,15,18). The molecular formula is C14H18N4O5S. The molecule has 1 aromatic heterocycles. The number of aromatic nitrogens is 2. The van der Waals surface area contributed by atoms with Crippen molar-refractivity contribution in [2.45, 2.75) is 11.0 Å². The molecule has 24 heavy (non-hydrogen) atoms. The van der Waals surface area contributed by atoms with Gasteiger partial charge in [0.15, 0.2) is 0 Å². The Labute approximate surface area is 139 Å². The average Bonchev–Trinajstić information content (AvgIpc) is 2.60. The summed E-state index contributed by atoms with van der Waals surface area (Å²) in [6.45, 7) is -0.207. The number of nitrogens with zero attached hydrogens (tertiary/aromatic N) is 2. The van der Waals surface area contributed by atoms with E-state index in [0.29, 0.717) is 5.69 Å². The Hall–Kier alpha value is -2.43. The van der Waals surface area contributed by atoms with Gasteiger partial charge in [-0.15, -0.1) is 0 Å². The highest BCUT2D eigenvalue weighted by Crippen LogP contribution is 2.22. The first kappa shape index (κ1) is 17.9. The van der Waals surface area contributed by atoms with Crippen molar-refractivity contribution in [1.82, 2.24) is 9.97 Å². The van der Waals surface area contributed by atoms with Gasteiger partial charge in [-0.05, 0) is 24.3 Å². The zero-order valence-electron chi connectivity index (χ0n) is 12.9. The van der Waals surface area contributed by atoms with Crippen molar-refractivity contribution in [2.75, 3.05) is 30.3 Å². The molecule has 9 nitrogen and oxygen atoms in total. The van der Waals surface area contributed by atoms with E-state index in [2.05, 4.69) is 20.0 Å². The molecule has 0 aliphatic heterocycles. The summed E-state index contributed by atoms with van der Waals surface area (Å²) < 4.78 is 32.0. The van der Waals surface area contributed by atoms with Crippen LogP contribution in [0.3, 0.4) is 0 Å². The molecule has 0 saturated heterocycles. The first-order valence-corrected chi connectivity index (χ1v) is 8.45. The van der Waals surface area contributed by atoms with E-state index < -0.39 is 16.1 Å². The summed E-state index contributed by atoms with van der Waals surface area (Å²) >= 11 is 0. The molecule has 1 aromatic carbocycles. The van der Waals surface area contributed by atoms with Gasteiger partial charge in [-0.3, -0.25) is 4.72 Å². The summed E-state index contributed by atoms with van der Waals surface area (Å²) in [5, 5.41) is 20.9. The SMILES string of the molecule is COc1nccnc1NS(=O)(=O)c1ccc(NCC(O)CO)cc1. The van der Waals surface area contributed by atoms with Crippen LogP contribution < -0.4 is 14.8 Å². The summed E-state index contributed by atoms with van der Waals surface area (Å²) in [6.07, 6.45) is 1.84. The molecule has 4 N–H and O–H groups in total. The molecule has 0 saturated carbocycles. The third-order valence-electron chi connectivity index (χ3n) is 3.01. The number of benzene rings is 1. The second kappa shape index (κ2) is 7.90. The molecular weight excluding hydrogens is 336 g/mol. The predicted molar refractivity (Wildman–Crippen MR) is 87.4 cm³/mol. The van der Waals surface area contributed by atoms with E-state index in [1.54, 1.807) is 12.1 Å². The van der Waals surface area contributed by atoms with E-state index in [9.17, 15) is 13.5 Å². The van der Waals surface area contributed by atoms with Crippen LogP contribution in [0.2, 0.25) is 0 Å². The van der Waals surface area contributed by atoms with Gasteiger partial charge in [0, 0.05) is 24.6 Å². The lowest BCUT2D eigenvalue weighted by atomic mass is 10.3. The van der Waals surface area contributed by atoms with Crippen molar-refractivity contribution in [3.05, 3.63) is 36.7 Å². The largest absolute Gasteiger partial charge is 0.478 e. The molecule has 0 radical (unpaired) electrons. The fourth-order valence-electron chi connectivity index (χ4n) is 1.78. The van der Waals surface area contributed by atoms with Crippen LogP contribution in [0.15, 0.2) is 41.6 Å². The Morgan fingerprint density at radius 3 is 2.50 bits per heavy atom. The second-order valence-corrected chi connectivity index (χ2v) is 6.44. The number of ether oxygens (including phenoxy) is 1. The van der Waals surface area contributed by atoms with Crippen LogP contribution in [0.25, 0.3) is 0 Å². The van der Waals surface area contributed by atoms with Crippen molar-refractivity contribution < 1.29 is 23.4 Å². The zero-order chi connectivity index (χ0) is 17.6. The van der Waals surface area contributed by atoms with Crippen molar-refractivity contribution in [1.29, 1.82) is 0 Å². The number of rotatable bonds is 8. The molecule has 130 valence electrons. The number of aliphatic hydroxyl groups excluding tert-OH is 2. The number of hydrogen-bond acceptors (Lipinski definition) is 8. The molecule has 2 rings (SSSR count). The first-order valence-electron chi connectivity index (χ1n) is 6.97. The third kappa shape index (κ3) is 4.54. The van der Waals surface area contributed by atoms with Crippen LogP contribution in [-0.4, -0.2) is 55.0 Å². The molecule has 0 fully saturated rings. The fourth-order valence-corrected chi connectivity index (χ4v) is 2.79. The van der Waals surface area contributed by atoms with Gasteiger partial charge in [0.25, 0.3) is 15.9 Å². The number of sulfonamides is 1. The van der Waals surface area contributed by atoms with E-state index in [1.165, 1.54) is 31.6 Å². The van der Waals surface area contributed by atoms with Gasteiger partial charge in [0.1, 0.15) is 0 Å². The maximum absolute atomic E-state index is 12.4. The van der Waals surface area contributed by atoms with Gasteiger partial charge < -0.3 is 20.3 Å². The van der Waals surface area contributed by atoms with Crippen molar-refractivity contribution >= 4 is 21.5 Å². The fraction of sp³-hybridized carbons (Fsp3) is 0.286. The van der Waals surface area contributed by atoms with Crippen molar-refractivity contribution in [2.24, 2.45) is 0 Å². The number of nitrogens with one attached hydrogen (secondary N) is 2. The van der Waals surface area contributed by atoms with Gasteiger partial charge in [-0.1, -0.05) is 0 Å². The Morgan fingerprint density at radius 2 is 1.88 bits per heavy atom. The average molecular weight is 354 g/mol. The number of anilines is 2. The monoisotopic (exact) mass is 354 g/mol. The molecule has 0 amide bonds. The van der Waals surface area contributed by atoms with Crippen LogP contribution in [0.1, 0.15) is 0 Å². The highest BCUT2D eigenvalue weighted by atomic mass is 32.2. The highest BCUT2D eigenvalue weighted by molar-refractivity contribution is 7.92. The molecule has 1 atom stereocenters. The van der Waals surface area contributed by atoms with E-state index in [4.69, 9.17) is 9.84 Å². The van der Waals surface area contributed by atoms with Crippen molar-refractivity contribution in [3.8, 4) is 5.88 Å². The number of methoxy groups -OCH3 is 1. The molecule has 2 aromatic rings. The minimum absolute atomic E-state index is 0.00623. The minimum atomic E-state index is -3.85. The van der Waals surface area contributed by atoms with Gasteiger partial charge in [-0.2, -0.15) is 0 Å².